The normalized spacial score (nSPS) is 15.9. The van der Waals surface area contributed by atoms with Gasteiger partial charge in [-0.05, 0) is 48.9 Å². The molecule has 0 spiro atoms. The summed E-state index contributed by atoms with van der Waals surface area (Å²) in [6, 6.07) is 13.4. The number of fused-ring (bicyclic) bond motifs is 1. The van der Waals surface area contributed by atoms with Crippen molar-refractivity contribution in [2.45, 2.75) is 31.7 Å². The number of hydrogen-bond donors (Lipinski definition) is 0. The number of halogens is 1. The minimum atomic E-state index is -0.686. The van der Waals surface area contributed by atoms with Crippen molar-refractivity contribution in [2.75, 3.05) is 12.9 Å². The fourth-order valence-electron chi connectivity index (χ4n) is 3.74. The van der Waals surface area contributed by atoms with Crippen molar-refractivity contribution in [1.29, 1.82) is 0 Å². The Hall–Kier alpha value is -2.97. The number of benzene rings is 2. The quantitative estimate of drug-likeness (QED) is 0.377. The zero-order valence-electron chi connectivity index (χ0n) is 19.4. The van der Waals surface area contributed by atoms with Crippen molar-refractivity contribution >= 4 is 35.1 Å². The minimum Gasteiger partial charge on any atom is -0.462 e. The van der Waals surface area contributed by atoms with E-state index in [1.54, 1.807) is 36.9 Å². The van der Waals surface area contributed by atoms with Crippen LogP contribution in [0.4, 0.5) is 4.39 Å². The van der Waals surface area contributed by atoms with Crippen molar-refractivity contribution in [2.24, 2.45) is 10.9 Å². The maximum absolute atomic E-state index is 14.3. The summed E-state index contributed by atoms with van der Waals surface area (Å²) in [7, 11) is 0. The summed E-state index contributed by atoms with van der Waals surface area (Å²) in [6.07, 6.45) is 3.52. The number of carbonyl (C=O) groups excluding carboxylic acids is 1. The number of nitrogens with zero attached hydrogens (tertiary/aromatic N) is 2. The molecule has 5 nitrogen and oxygen atoms in total. The summed E-state index contributed by atoms with van der Waals surface area (Å²) in [5.41, 5.74) is 1.62. The van der Waals surface area contributed by atoms with Crippen LogP contribution in [-0.2, 0) is 9.53 Å². The molecule has 2 heterocycles. The Balaban J connectivity index is 1.91. The van der Waals surface area contributed by atoms with Crippen LogP contribution in [0.3, 0.4) is 0 Å². The van der Waals surface area contributed by atoms with Crippen LogP contribution < -0.4 is 14.9 Å². The lowest BCUT2D eigenvalue weighted by atomic mass is 9.96. The minimum absolute atomic E-state index is 0.172. The van der Waals surface area contributed by atoms with Gasteiger partial charge in [0, 0.05) is 10.5 Å². The Labute approximate surface area is 205 Å². The molecular formula is C26H25FN2O3S2. The molecule has 0 aliphatic carbocycles. The average molecular weight is 497 g/mol. The number of thioether (sulfide) groups is 1. The fraction of sp³-hybridized carbons (Fsp3) is 0.269. The zero-order chi connectivity index (χ0) is 24.4. The van der Waals surface area contributed by atoms with E-state index in [0.29, 0.717) is 26.2 Å². The molecule has 1 unspecified atom stereocenters. The SMILES string of the molecule is CSc1ccc(C2C(C(=O)OCC(C)C)=C(C)N=c3sc(=Cc4ccccc4F)c(=O)n32)cc1. The summed E-state index contributed by atoms with van der Waals surface area (Å²) in [5.74, 6) is -0.727. The molecule has 0 amide bonds. The first-order chi connectivity index (χ1) is 16.3. The Morgan fingerprint density at radius 2 is 1.94 bits per heavy atom. The molecule has 0 saturated carbocycles. The number of carbonyl (C=O) groups is 1. The predicted octanol–water partition coefficient (Wildman–Crippen LogP) is 4.30. The smallest absolute Gasteiger partial charge is 0.338 e. The monoisotopic (exact) mass is 496 g/mol. The summed E-state index contributed by atoms with van der Waals surface area (Å²) >= 11 is 2.79. The van der Waals surface area contributed by atoms with Crippen molar-refractivity contribution in [3.8, 4) is 0 Å². The molecule has 1 aliphatic rings. The highest BCUT2D eigenvalue weighted by atomic mass is 32.2. The lowest BCUT2D eigenvalue weighted by Gasteiger charge is -2.25. The van der Waals surface area contributed by atoms with Gasteiger partial charge in [-0.1, -0.05) is 55.5 Å². The van der Waals surface area contributed by atoms with Crippen LogP contribution in [-0.4, -0.2) is 23.4 Å². The molecule has 0 saturated heterocycles. The van der Waals surface area contributed by atoms with E-state index in [9.17, 15) is 14.0 Å². The van der Waals surface area contributed by atoms with Crippen molar-refractivity contribution < 1.29 is 13.9 Å². The van der Waals surface area contributed by atoms with Gasteiger partial charge in [0.15, 0.2) is 4.80 Å². The van der Waals surface area contributed by atoms with Crippen molar-refractivity contribution in [3.05, 3.63) is 96.4 Å². The molecular weight excluding hydrogens is 471 g/mol. The topological polar surface area (TPSA) is 60.7 Å². The standard InChI is InChI=1S/C26H25FN2O3S2/c1-15(2)14-32-25(31)22-16(3)28-26-29(23(22)17-9-11-19(33-4)12-10-17)24(30)21(34-26)13-18-7-5-6-8-20(18)27/h5-13,15,23H,14H2,1-4H3. The number of aromatic nitrogens is 1. The van der Waals surface area contributed by atoms with Gasteiger partial charge in [-0.15, -0.1) is 11.8 Å². The number of thiazole rings is 1. The molecule has 34 heavy (non-hydrogen) atoms. The molecule has 1 atom stereocenters. The van der Waals surface area contributed by atoms with Crippen LogP contribution in [0.15, 0.2) is 74.5 Å². The van der Waals surface area contributed by atoms with Crippen LogP contribution in [0.5, 0.6) is 0 Å². The van der Waals surface area contributed by atoms with E-state index in [-0.39, 0.29) is 18.1 Å². The van der Waals surface area contributed by atoms with E-state index in [2.05, 4.69) is 4.99 Å². The van der Waals surface area contributed by atoms with Gasteiger partial charge in [0.2, 0.25) is 0 Å². The molecule has 4 rings (SSSR count). The van der Waals surface area contributed by atoms with Crippen molar-refractivity contribution in [3.63, 3.8) is 0 Å². The van der Waals surface area contributed by atoms with E-state index >= 15 is 0 Å². The summed E-state index contributed by atoms with van der Waals surface area (Å²) < 4.78 is 21.7. The molecule has 0 N–H and O–H groups in total. The lowest BCUT2D eigenvalue weighted by Crippen LogP contribution is -2.40. The molecule has 8 heteroatoms. The molecule has 2 aromatic carbocycles. The second-order valence-corrected chi connectivity index (χ2v) is 10.3. The second kappa shape index (κ2) is 10.1. The maximum Gasteiger partial charge on any atom is 0.338 e. The molecule has 0 fully saturated rings. The molecule has 1 aromatic heterocycles. The van der Waals surface area contributed by atoms with Crippen LogP contribution in [0.25, 0.3) is 6.08 Å². The molecule has 1 aliphatic heterocycles. The number of allylic oxidation sites excluding steroid dienone is 1. The maximum atomic E-state index is 14.3. The lowest BCUT2D eigenvalue weighted by molar-refractivity contribution is -0.140. The molecule has 176 valence electrons. The van der Waals surface area contributed by atoms with Gasteiger partial charge in [0.25, 0.3) is 5.56 Å². The van der Waals surface area contributed by atoms with Gasteiger partial charge >= 0.3 is 5.97 Å². The second-order valence-electron chi connectivity index (χ2n) is 8.37. The third-order valence-electron chi connectivity index (χ3n) is 5.41. The average Bonchev–Trinajstić information content (AvgIpc) is 3.12. The van der Waals surface area contributed by atoms with Gasteiger partial charge in [-0.25, -0.2) is 14.2 Å². The highest BCUT2D eigenvalue weighted by molar-refractivity contribution is 7.98. The Morgan fingerprint density at radius 1 is 1.24 bits per heavy atom. The third-order valence-corrected chi connectivity index (χ3v) is 7.14. The first-order valence-corrected chi connectivity index (χ1v) is 12.9. The molecule has 0 bridgehead atoms. The van der Waals surface area contributed by atoms with Crippen LogP contribution in [0.1, 0.15) is 37.9 Å². The van der Waals surface area contributed by atoms with E-state index < -0.39 is 17.8 Å². The van der Waals surface area contributed by atoms with E-state index in [0.717, 1.165) is 10.5 Å². The third kappa shape index (κ3) is 4.79. The molecule has 0 radical (unpaired) electrons. The number of esters is 1. The van der Waals surface area contributed by atoms with Crippen LogP contribution >= 0.6 is 23.1 Å². The first-order valence-electron chi connectivity index (χ1n) is 10.9. The van der Waals surface area contributed by atoms with Crippen LogP contribution in [0.2, 0.25) is 0 Å². The van der Waals surface area contributed by atoms with E-state index in [1.165, 1.54) is 28.0 Å². The summed E-state index contributed by atoms with van der Waals surface area (Å²) in [5, 5.41) is 0. The fourth-order valence-corrected chi connectivity index (χ4v) is 5.18. The number of rotatable bonds is 6. The summed E-state index contributed by atoms with van der Waals surface area (Å²) in [6.45, 7) is 5.95. The highest BCUT2D eigenvalue weighted by Crippen LogP contribution is 2.31. The Bertz CT molecular complexity index is 1440. The number of ether oxygens (including phenoxy) is 1. The highest BCUT2D eigenvalue weighted by Gasteiger charge is 2.33. The Kier molecular flexibility index (Phi) is 7.19. The largest absolute Gasteiger partial charge is 0.462 e. The van der Waals surface area contributed by atoms with E-state index in [4.69, 9.17) is 4.74 Å². The van der Waals surface area contributed by atoms with E-state index in [1.807, 2.05) is 44.4 Å². The van der Waals surface area contributed by atoms with Crippen LogP contribution in [0, 0.1) is 11.7 Å². The van der Waals surface area contributed by atoms with Gasteiger partial charge in [0.1, 0.15) is 5.82 Å². The van der Waals surface area contributed by atoms with Gasteiger partial charge in [-0.3, -0.25) is 9.36 Å². The number of hydrogen-bond acceptors (Lipinski definition) is 6. The summed E-state index contributed by atoms with van der Waals surface area (Å²) in [4.78, 5) is 32.8. The zero-order valence-corrected chi connectivity index (χ0v) is 21.0. The Morgan fingerprint density at radius 3 is 2.59 bits per heavy atom. The van der Waals surface area contributed by atoms with Gasteiger partial charge in [0.05, 0.1) is 28.5 Å². The molecule has 3 aromatic rings. The van der Waals surface area contributed by atoms with Gasteiger partial charge in [-0.2, -0.15) is 0 Å². The van der Waals surface area contributed by atoms with Gasteiger partial charge < -0.3 is 4.74 Å². The van der Waals surface area contributed by atoms with Crippen molar-refractivity contribution in [1.82, 2.24) is 4.57 Å². The first kappa shape index (κ1) is 24.2. The predicted molar refractivity (Wildman–Crippen MR) is 134 cm³/mol.